The number of carbonyl (C=O) groups excluding carboxylic acids is 11. The maximum Gasteiger partial charge on any atom is 0.246 e. The number of benzene rings is 2. The molecule has 11 amide bonds. The van der Waals surface area contributed by atoms with Crippen LogP contribution in [-0.4, -0.2) is 154 Å². The number of phenolic OH excluding ortho intramolecular Hbond substituents is 1. The number of aliphatic imine (C=N–C) groups is 1. The van der Waals surface area contributed by atoms with Crippen molar-refractivity contribution >= 4 is 115 Å². The summed E-state index contributed by atoms with van der Waals surface area (Å²) in [4.78, 5) is 154. The van der Waals surface area contributed by atoms with E-state index in [1.54, 1.807) is 42.5 Å². The fourth-order valence-corrected chi connectivity index (χ4v) is 12.5. The highest BCUT2D eigenvalue weighted by Crippen LogP contribution is 2.48. The zero-order chi connectivity index (χ0) is 57.5. The summed E-state index contributed by atoms with van der Waals surface area (Å²) in [5.74, 6) is -9.98. The molecule has 426 valence electrons. The summed E-state index contributed by atoms with van der Waals surface area (Å²) in [6.07, 6.45) is 1.62. The number of nitrogens with one attached hydrogen (secondary N) is 7. The topological polar surface area (TPSA) is 438 Å². The van der Waals surface area contributed by atoms with Gasteiger partial charge in [0.2, 0.25) is 65.0 Å². The van der Waals surface area contributed by atoms with Gasteiger partial charge in [-0.2, -0.15) is 0 Å². The van der Waals surface area contributed by atoms with E-state index in [1.807, 2.05) is 22.6 Å². The van der Waals surface area contributed by atoms with Gasteiger partial charge in [0.15, 0.2) is 5.96 Å². The van der Waals surface area contributed by atoms with Gasteiger partial charge in [0.25, 0.3) is 0 Å². The van der Waals surface area contributed by atoms with E-state index in [1.165, 1.54) is 23.9 Å². The number of nitrogens with zero attached hydrogens (tertiary/aromatic N) is 2. The first kappa shape index (κ1) is 63.6. The van der Waals surface area contributed by atoms with E-state index in [0.717, 1.165) is 35.0 Å². The quantitative estimate of drug-likeness (QED) is 0.0213. The van der Waals surface area contributed by atoms with Crippen LogP contribution in [0.4, 0.5) is 0 Å². The van der Waals surface area contributed by atoms with Gasteiger partial charge < -0.3 is 75.9 Å². The molecule has 2 aliphatic rings. The first-order valence-corrected chi connectivity index (χ1v) is 28.4. The Kier molecular flexibility index (Phi) is 25.7. The molecule has 78 heavy (non-hydrogen) atoms. The van der Waals surface area contributed by atoms with Gasteiger partial charge in [0.05, 0.1) is 23.1 Å². The Morgan fingerprint density at radius 2 is 1.40 bits per heavy atom. The highest BCUT2D eigenvalue weighted by molar-refractivity contribution is 14.1. The molecule has 0 radical (unpaired) electrons. The number of guanidine groups is 1. The molecule has 26 nitrogen and oxygen atoms in total. The highest BCUT2D eigenvalue weighted by Gasteiger charge is 2.39. The molecule has 1 spiro atoms. The average Bonchev–Trinajstić information content (AvgIpc) is 3.38. The van der Waals surface area contributed by atoms with Crippen LogP contribution in [0.3, 0.4) is 0 Å². The second kappa shape index (κ2) is 31.5. The molecule has 1 saturated carbocycles. The van der Waals surface area contributed by atoms with Crippen molar-refractivity contribution < 1.29 is 57.8 Å². The number of halogens is 1. The average molecular weight is 1240 g/mol. The number of likely N-dealkylation sites (N-methyl/N-ethyl adjacent to an activating group) is 1. The van der Waals surface area contributed by atoms with Crippen LogP contribution in [0.25, 0.3) is 0 Å². The number of aromatic hydroxyl groups is 1. The van der Waals surface area contributed by atoms with Crippen LogP contribution in [0.1, 0.15) is 81.8 Å². The lowest BCUT2D eigenvalue weighted by Gasteiger charge is -2.36. The molecule has 2 fully saturated rings. The van der Waals surface area contributed by atoms with Gasteiger partial charge in [-0.1, -0.05) is 77.2 Å². The molecule has 4 rings (SSSR count). The fourth-order valence-electron chi connectivity index (χ4n) is 8.53. The van der Waals surface area contributed by atoms with Gasteiger partial charge in [-0.05, 0) is 78.0 Å². The van der Waals surface area contributed by atoms with Gasteiger partial charge >= 0.3 is 0 Å². The SMILES string of the molecule is CN(CC(=O)N[C@@H](CCCN=C(N)N)C(=O)NCC(N)=O)C(=O)[C@@H]1CSSC2(CCCCC2)CC(=O)N[C@H](Cc2ccc(O)c(I)c2)C(=O)N[C@@H](Cc2ccccc2)C(=O)N[C@@H](CCC(N)=O)C(=O)N[C@@H](CC(N)=O)C(=O)N1. The molecule has 1 aliphatic heterocycles. The minimum absolute atomic E-state index is 0.00288. The van der Waals surface area contributed by atoms with Crippen molar-refractivity contribution in [2.45, 2.75) is 124 Å². The van der Waals surface area contributed by atoms with Crippen molar-refractivity contribution in [2.24, 2.45) is 33.7 Å². The summed E-state index contributed by atoms with van der Waals surface area (Å²) in [6, 6.07) is 4.41. The van der Waals surface area contributed by atoms with E-state index < -0.39 is 138 Å². The standard InChI is InChI=1S/C49H69IN14O12S2/c1-64(25-41(70)58-30(11-8-18-56-48(54)55)42(71)57-24-39(53)68)47(76)35-26-77-78-49(16-6-3-7-17-49)23-40(69)59-32(21-28-12-14-36(65)29(50)19-28)44(73)61-33(20-27-9-4-2-5-10-27)45(74)60-31(13-15-37(51)66)43(72)62-34(22-38(52)67)46(75)63-35/h2,4-5,9-10,12,14,19,30-35,65H,3,6-8,11,13,15-18,20-26H2,1H3,(H2,51,66)(H2,52,67)(H2,53,68)(H,57,71)(H,58,70)(H,59,69)(H,60,74)(H,61,73)(H,62,72)(H,63,75)(H4,54,55,56)/t30-,31-,32+,33-,34-,35-/m0/s1. The number of nitrogens with two attached hydrogens (primary N) is 5. The lowest BCUT2D eigenvalue weighted by Crippen LogP contribution is -2.60. The molecule has 6 atom stereocenters. The number of carbonyl (C=O) groups is 11. The third-order valence-electron chi connectivity index (χ3n) is 12.5. The van der Waals surface area contributed by atoms with Crippen LogP contribution < -0.4 is 65.9 Å². The first-order chi connectivity index (χ1) is 36.9. The lowest BCUT2D eigenvalue weighted by atomic mass is 9.85. The summed E-state index contributed by atoms with van der Waals surface area (Å²) < 4.78 is -0.292. The van der Waals surface area contributed by atoms with Crippen LogP contribution >= 0.6 is 44.2 Å². The zero-order valence-corrected chi connectivity index (χ0v) is 46.8. The molecule has 18 N–H and O–H groups in total. The van der Waals surface area contributed by atoms with Gasteiger partial charge in [-0.15, -0.1) is 0 Å². The fraction of sp³-hybridized carbons (Fsp3) is 0.510. The summed E-state index contributed by atoms with van der Waals surface area (Å²) in [5.41, 5.74) is 28.2. The zero-order valence-electron chi connectivity index (χ0n) is 43.0. The Balaban J connectivity index is 1.76. The number of phenols is 1. The van der Waals surface area contributed by atoms with Crippen molar-refractivity contribution in [3.8, 4) is 5.75 Å². The maximum atomic E-state index is 14.6. The summed E-state index contributed by atoms with van der Waals surface area (Å²) >= 11 is 1.93. The van der Waals surface area contributed by atoms with Gasteiger partial charge in [0.1, 0.15) is 42.0 Å². The Morgan fingerprint density at radius 1 is 0.782 bits per heavy atom. The van der Waals surface area contributed by atoms with Crippen LogP contribution in [0.2, 0.25) is 0 Å². The minimum Gasteiger partial charge on any atom is -0.507 e. The summed E-state index contributed by atoms with van der Waals surface area (Å²) in [7, 11) is 3.68. The first-order valence-electron chi connectivity index (χ1n) is 25.0. The molecule has 2 aromatic carbocycles. The molecule has 0 aromatic heterocycles. The second-order valence-electron chi connectivity index (χ2n) is 19.0. The van der Waals surface area contributed by atoms with Crippen LogP contribution in [0.5, 0.6) is 5.75 Å². The van der Waals surface area contributed by atoms with E-state index in [4.69, 9.17) is 28.7 Å². The Bertz CT molecular complexity index is 2540. The Morgan fingerprint density at radius 3 is 2.03 bits per heavy atom. The molecule has 1 aliphatic carbocycles. The number of amides is 11. The molecular formula is C49H69IN14O12S2. The molecule has 29 heteroatoms. The molecule has 1 heterocycles. The molecule has 2 aromatic rings. The van der Waals surface area contributed by atoms with Crippen molar-refractivity contribution in [3.63, 3.8) is 0 Å². The van der Waals surface area contributed by atoms with Gasteiger partial charge in [-0.25, -0.2) is 0 Å². The third-order valence-corrected chi connectivity index (χ3v) is 16.7. The number of hydrogen-bond acceptors (Lipinski definition) is 15. The third kappa shape index (κ3) is 21.9. The smallest absolute Gasteiger partial charge is 0.246 e. The molecule has 0 bridgehead atoms. The van der Waals surface area contributed by atoms with Gasteiger partial charge in [-0.3, -0.25) is 57.7 Å². The maximum absolute atomic E-state index is 14.6. The number of primary amides is 3. The van der Waals surface area contributed by atoms with Crippen molar-refractivity contribution in [2.75, 3.05) is 32.4 Å². The predicted molar refractivity (Wildman–Crippen MR) is 299 cm³/mol. The Labute approximate surface area is 472 Å². The second-order valence-corrected chi connectivity index (χ2v) is 22.9. The van der Waals surface area contributed by atoms with E-state index in [0.29, 0.717) is 27.5 Å². The lowest BCUT2D eigenvalue weighted by molar-refractivity contribution is -0.139. The van der Waals surface area contributed by atoms with Crippen LogP contribution in [-0.2, 0) is 65.6 Å². The van der Waals surface area contributed by atoms with Crippen molar-refractivity contribution in [1.29, 1.82) is 0 Å². The normalized spacial score (nSPS) is 20.9. The Hall–Kier alpha value is -6.89. The largest absolute Gasteiger partial charge is 0.507 e. The molecular weight excluding hydrogens is 1170 g/mol. The van der Waals surface area contributed by atoms with E-state index >= 15 is 0 Å². The van der Waals surface area contributed by atoms with E-state index in [2.05, 4.69) is 42.2 Å². The van der Waals surface area contributed by atoms with Crippen LogP contribution in [0, 0.1) is 3.57 Å². The summed E-state index contributed by atoms with van der Waals surface area (Å²) in [5, 5.41) is 28.3. The summed E-state index contributed by atoms with van der Waals surface area (Å²) in [6.45, 7) is -1.12. The van der Waals surface area contributed by atoms with Crippen molar-refractivity contribution in [1.82, 2.24) is 42.1 Å². The number of hydrogen-bond donors (Lipinski definition) is 13. The molecule has 1 saturated heterocycles. The van der Waals surface area contributed by atoms with E-state index in [-0.39, 0.29) is 56.1 Å². The highest BCUT2D eigenvalue weighted by atomic mass is 127. The van der Waals surface area contributed by atoms with Crippen LogP contribution in [0.15, 0.2) is 53.5 Å². The predicted octanol–water partition coefficient (Wildman–Crippen LogP) is -2.57. The van der Waals surface area contributed by atoms with Crippen molar-refractivity contribution in [3.05, 3.63) is 63.2 Å². The minimum atomic E-state index is -1.79. The number of rotatable bonds is 20. The monoisotopic (exact) mass is 1240 g/mol. The van der Waals surface area contributed by atoms with Gasteiger partial charge in [0, 0.05) is 49.8 Å². The van der Waals surface area contributed by atoms with E-state index in [9.17, 15) is 57.8 Å². The molecule has 0 unspecified atom stereocenters.